The number of ether oxygens (including phenoxy) is 1. The number of piperazine rings is 1. The van der Waals surface area contributed by atoms with Crippen LogP contribution in [0.3, 0.4) is 0 Å². The maximum atomic E-state index is 15.4. The number of fused-ring (bicyclic) bond motifs is 1. The van der Waals surface area contributed by atoms with Gasteiger partial charge in [-0.15, -0.1) is 0 Å². The maximum absolute atomic E-state index is 15.4. The molecule has 2 saturated heterocycles. The number of morpholine rings is 1. The maximum Gasteiger partial charge on any atom is 0.243 e. The van der Waals surface area contributed by atoms with E-state index in [1.54, 1.807) is 4.90 Å². The molecule has 0 bridgehead atoms. The lowest BCUT2D eigenvalue weighted by Crippen LogP contribution is -2.58. The third kappa shape index (κ3) is 6.33. The van der Waals surface area contributed by atoms with E-state index in [4.69, 9.17) is 4.74 Å². The fourth-order valence-electron chi connectivity index (χ4n) is 5.18. The summed E-state index contributed by atoms with van der Waals surface area (Å²) in [4.78, 5) is 35.7. The normalized spacial score (nSPS) is 21.9. The van der Waals surface area contributed by atoms with Crippen molar-refractivity contribution in [1.82, 2.24) is 25.4 Å². The molecule has 35 heavy (non-hydrogen) atoms. The highest BCUT2D eigenvalue weighted by Crippen LogP contribution is 2.31. The summed E-state index contributed by atoms with van der Waals surface area (Å²) in [7, 11) is 0. The van der Waals surface area contributed by atoms with Crippen molar-refractivity contribution < 1.29 is 28.3 Å². The van der Waals surface area contributed by atoms with Crippen LogP contribution in [0.2, 0.25) is 0 Å². The molecule has 0 spiro atoms. The first-order valence-corrected chi connectivity index (χ1v) is 12.1. The first-order valence-electron chi connectivity index (χ1n) is 12.1. The Bertz CT molecular complexity index is 890. The van der Waals surface area contributed by atoms with E-state index >= 15 is 4.39 Å². The Kier molecular flexibility index (Phi) is 8.63. The number of nitrogens with zero attached hydrogens (tertiary/aromatic N) is 5. The Hall–Kier alpha value is -2.64. The van der Waals surface area contributed by atoms with Crippen LogP contribution in [-0.2, 0) is 21.0 Å². The molecule has 1 saturated carbocycles. The highest BCUT2D eigenvalue weighted by Gasteiger charge is 2.33. The summed E-state index contributed by atoms with van der Waals surface area (Å²) in [6.07, 6.45) is 4.84. The highest BCUT2D eigenvalue weighted by molar-refractivity contribution is 5.80. The number of carbonyl (C=O) groups excluding carboxylic acids is 2. The first-order chi connectivity index (χ1) is 17.0. The number of carbonyl (C=O) groups is 2. The van der Waals surface area contributed by atoms with Gasteiger partial charge in [0.25, 0.3) is 0 Å². The van der Waals surface area contributed by atoms with Crippen molar-refractivity contribution in [3.63, 3.8) is 0 Å². The number of hydrogen-bond donors (Lipinski definition) is 3. The van der Waals surface area contributed by atoms with Gasteiger partial charge in [-0.25, -0.2) is 19.4 Å². The van der Waals surface area contributed by atoms with E-state index in [1.807, 2.05) is 0 Å². The number of rotatable bonds is 10. The van der Waals surface area contributed by atoms with Crippen LogP contribution in [0.4, 0.5) is 20.4 Å². The molecule has 1 aliphatic carbocycles. The van der Waals surface area contributed by atoms with E-state index in [0.717, 1.165) is 32.2 Å². The molecule has 194 valence electrons. The number of aromatic nitrogens is 2. The zero-order valence-corrected chi connectivity index (χ0v) is 19.7. The Morgan fingerprint density at radius 3 is 2.83 bits per heavy atom. The lowest BCUT2D eigenvalue weighted by atomic mass is 9.92. The van der Waals surface area contributed by atoms with E-state index < -0.39 is 24.3 Å². The average Bonchev–Trinajstić information content (AvgIpc) is 3.40. The van der Waals surface area contributed by atoms with E-state index in [0.29, 0.717) is 50.2 Å². The second-order valence-corrected chi connectivity index (χ2v) is 9.40. The molecule has 13 heteroatoms. The average molecular weight is 498 g/mol. The molecule has 1 unspecified atom stereocenters. The van der Waals surface area contributed by atoms with Crippen molar-refractivity contribution in [3.8, 4) is 0 Å². The number of hydrazine groups is 1. The van der Waals surface area contributed by atoms with E-state index in [-0.39, 0.29) is 36.5 Å². The van der Waals surface area contributed by atoms with Gasteiger partial charge in [-0.2, -0.15) is 4.39 Å². The van der Waals surface area contributed by atoms with Crippen LogP contribution in [0.1, 0.15) is 37.9 Å². The fourth-order valence-corrected chi connectivity index (χ4v) is 5.18. The van der Waals surface area contributed by atoms with Crippen LogP contribution < -0.4 is 15.8 Å². The van der Waals surface area contributed by atoms with Gasteiger partial charge in [0, 0.05) is 26.2 Å². The van der Waals surface area contributed by atoms with Gasteiger partial charge in [0.1, 0.15) is 6.67 Å². The van der Waals surface area contributed by atoms with E-state index in [1.165, 1.54) is 0 Å². The summed E-state index contributed by atoms with van der Waals surface area (Å²) in [5.41, 5.74) is 4.91. The van der Waals surface area contributed by atoms with Crippen LogP contribution in [0.5, 0.6) is 0 Å². The van der Waals surface area contributed by atoms with Gasteiger partial charge in [0.2, 0.25) is 18.1 Å². The molecule has 0 radical (unpaired) electrons. The Balaban J connectivity index is 1.45. The number of hydrogen-bond acceptors (Lipinski definition) is 9. The second-order valence-electron chi connectivity index (χ2n) is 9.40. The fraction of sp³-hybridized carbons (Fsp3) is 0.727. The molecule has 3 aliphatic rings. The van der Waals surface area contributed by atoms with Crippen LogP contribution in [0, 0.1) is 17.7 Å². The topological polar surface area (TPSA) is 123 Å². The molecule has 3 heterocycles. The summed E-state index contributed by atoms with van der Waals surface area (Å²) < 4.78 is 34.4. The monoisotopic (exact) mass is 497 g/mol. The van der Waals surface area contributed by atoms with Gasteiger partial charge < -0.3 is 9.64 Å². The van der Waals surface area contributed by atoms with Gasteiger partial charge in [-0.3, -0.25) is 30.5 Å². The lowest BCUT2D eigenvalue weighted by molar-refractivity contribution is -0.154. The van der Waals surface area contributed by atoms with Crippen LogP contribution >= 0.6 is 0 Å². The summed E-state index contributed by atoms with van der Waals surface area (Å²) >= 11 is 0. The van der Waals surface area contributed by atoms with Gasteiger partial charge >= 0.3 is 0 Å². The molecule has 11 nitrogen and oxygen atoms in total. The van der Waals surface area contributed by atoms with Crippen molar-refractivity contribution in [2.75, 3.05) is 56.3 Å². The Morgan fingerprint density at radius 2 is 2.09 bits per heavy atom. The smallest absolute Gasteiger partial charge is 0.243 e. The lowest BCUT2D eigenvalue weighted by Gasteiger charge is -2.44. The van der Waals surface area contributed by atoms with Gasteiger partial charge in [-0.1, -0.05) is 25.7 Å². The van der Waals surface area contributed by atoms with E-state index in [9.17, 15) is 19.2 Å². The van der Waals surface area contributed by atoms with Crippen molar-refractivity contribution in [1.29, 1.82) is 0 Å². The standard InChI is InChI=1S/C22H33F2N7O4/c23-10-18-25-20(19(24)21(26-18)30-6-5-29-7-8-35-13-17(29)12-30)27-28-22(33)16(11-31(34)14-32)9-15-3-1-2-4-15/h14-17,34H,1-13H2,(H,28,33)(H,25,26,27)/t16-,17?/m1/s1. The number of hydroxylamine groups is 2. The zero-order chi connectivity index (χ0) is 24.8. The van der Waals surface area contributed by atoms with Gasteiger partial charge in [-0.05, 0) is 12.3 Å². The van der Waals surface area contributed by atoms with Crippen LogP contribution in [0.25, 0.3) is 0 Å². The number of halogens is 2. The molecule has 1 aromatic rings. The minimum atomic E-state index is -0.995. The van der Waals surface area contributed by atoms with Crippen molar-refractivity contribution in [3.05, 3.63) is 11.6 Å². The molecule has 2 aliphatic heterocycles. The summed E-state index contributed by atoms with van der Waals surface area (Å²) in [5.74, 6) is -2.28. The minimum Gasteiger partial charge on any atom is -0.378 e. The summed E-state index contributed by atoms with van der Waals surface area (Å²) in [5, 5.41) is 10.1. The molecule has 3 N–H and O–H groups in total. The Labute approximate surface area is 202 Å². The largest absolute Gasteiger partial charge is 0.378 e. The zero-order valence-electron chi connectivity index (χ0n) is 19.7. The molecule has 4 rings (SSSR count). The number of anilines is 2. The van der Waals surface area contributed by atoms with Crippen LogP contribution in [-0.4, -0.2) is 89.4 Å². The summed E-state index contributed by atoms with van der Waals surface area (Å²) in [6, 6.07) is 0.0902. The highest BCUT2D eigenvalue weighted by atomic mass is 19.1. The number of nitrogens with one attached hydrogen (secondary N) is 2. The molecule has 2 atom stereocenters. The van der Waals surface area contributed by atoms with E-state index in [2.05, 4.69) is 25.7 Å². The molecule has 0 aromatic carbocycles. The number of amides is 2. The third-order valence-electron chi connectivity index (χ3n) is 7.03. The molecule has 1 aromatic heterocycles. The summed E-state index contributed by atoms with van der Waals surface area (Å²) in [6.45, 7) is 2.54. The molecule has 3 fully saturated rings. The number of alkyl halides is 1. The molecular formula is C22H33F2N7O4. The Morgan fingerprint density at radius 1 is 1.29 bits per heavy atom. The van der Waals surface area contributed by atoms with Crippen molar-refractivity contribution in [2.45, 2.75) is 44.8 Å². The molecular weight excluding hydrogens is 464 g/mol. The van der Waals surface area contributed by atoms with Crippen LogP contribution in [0.15, 0.2) is 0 Å². The van der Waals surface area contributed by atoms with Crippen molar-refractivity contribution in [2.24, 2.45) is 11.8 Å². The second kappa shape index (κ2) is 11.9. The molecule has 2 amide bonds. The quantitative estimate of drug-likeness (QED) is 0.248. The third-order valence-corrected chi connectivity index (χ3v) is 7.03. The predicted octanol–water partition coefficient (Wildman–Crippen LogP) is 1.09. The van der Waals surface area contributed by atoms with Gasteiger partial charge in [0.15, 0.2) is 17.5 Å². The van der Waals surface area contributed by atoms with Gasteiger partial charge in [0.05, 0.1) is 31.7 Å². The SMILES string of the molecule is O=CN(O)C[C@@H](CC1CCCC1)C(=O)NNc1nc(CF)nc(N2CCN3CCOCC3C2)c1F. The predicted molar refractivity (Wildman–Crippen MR) is 122 cm³/mol. The minimum absolute atomic E-state index is 0.0281. The van der Waals surface area contributed by atoms with Crippen molar-refractivity contribution >= 4 is 24.0 Å². The first kappa shape index (κ1) is 25.5.